The van der Waals surface area contributed by atoms with Crippen LogP contribution < -0.4 is 4.72 Å². The third-order valence-electron chi connectivity index (χ3n) is 3.50. The number of hydrogen-bond acceptors (Lipinski definition) is 3. The molecular formula is C17H11ClFN3O2S. The number of nitriles is 1. The number of halogens is 2. The summed E-state index contributed by atoms with van der Waals surface area (Å²) in [6, 6.07) is 12.1. The second-order valence-corrected chi connectivity index (χ2v) is 7.18. The van der Waals surface area contributed by atoms with Gasteiger partial charge in [0.2, 0.25) is 0 Å². The maximum atomic E-state index is 14.0. The minimum Gasteiger partial charge on any atom is -0.366 e. The molecule has 8 heteroatoms. The molecule has 0 bridgehead atoms. The Labute approximate surface area is 148 Å². The van der Waals surface area contributed by atoms with Crippen molar-refractivity contribution in [1.82, 2.24) is 4.98 Å². The van der Waals surface area contributed by atoms with Gasteiger partial charge in [-0.25, -0.2) is 12.8 Å². The molecule has 0 fully saturated rings. The van der Waals surface area contributed by atoms with Crippen LogP contribution in [0.5, 0.6) is 0 Å². The number of nitrogens with zero attached hydrogens (tertiary/aromatic N) is 1. The number of rotatable bonds is 4. The average Bonchev–Trinajstić information content (AvgIpc) is 3.07. The highest BCUT2D eigenvalue weighted by atomic mass is 35.5. The van der Waals surface area contributed by atoms with Crippen LogP contribution in [0.1, 0.15) is 5.56 Å². The van der Waals surface area contributed by atoms with E-state index in [0.29, 0.717) is 16.1 Å². The number of H-pyrrole nitrogens is 1. The summed E-state index contributed by atoms with van der Waals surface area (Å²) in [5, 5.41) is 9.14. The van der Waals surface area contributed by atoms with Crippen LogP contribution in [0.3, 0.4) is 0 Å². The van der Waals surface area contributed by atoms with Gasteiger partial charge in [0.1, 0.15) is 10.7 Å². The monoisotopic (exact) mass is 375 g/mol. The summed E-state index contributed by atoms with van der Waals surface area (Å²) >= 11 is 6.14. The van der Waals surface area contributed by atoms with Gasteiger partial charge in [0.05, 0.1) is 17.3 Å². The van der Waals surface area contributed by atoms with Gasteiger partial charge in [-0.2, -0.15) is 5.26 Å². The van der Waals surface area contributed by atoms with Crippen LogP contribution in [0.4, 0.5) is 10.1 Å². The average molecular weight is 376 g/mol. The SMILES string of the molecule is N#Cc1ccc(NS(=O)(=O)c2c[nH]cc2-c2ccccc2Cl)c(F)c1. The number of nitrogens with one attached hydrogen (secondary N) is 2. The first-order chi connectivity index (χ1) is 11.9. The van der Waals surface area contributed by atoms with Crippen molar-refractivity contribution in [2.24, 2.45) is 0 Å². The molecule has 3 aromatic rings. The lowest BCUT2D eigenvalue weighted by atomic mass is 10.1. The van der Waals surface area contributed by atoms with Crippen molar-refractivity contribution in [1.29, 1.82) is 5.26 Å². The topological polar surface area (TPSA) is 85.8 Å². The zero-order valence-electron chi connectivity index (χ0n) is 12.6. The lowest BCUT2D eigenvalue weighted by molar-refractivity contribution is 0.599. The minimum absolute atomic E-state index is 0.0654. The van der Waals surface area contributed by atoms with Gasteiger partial charge in [-0.15, -0.1) is 0 Å². The van der Waals surface area contributed by atoms with Gasteiger partial charge in [0.25, 0.3) is 10.0 Å². The zero-order valence-corrected chi connectivity index (χ0v) is 14.2. The molecule has 1 aromatic heterocycles. The number of sulfonamides is 1. The normalized spacial score (nSPS) is 11.1. The van der Waals surface area contributed by atoms with E-state index in [-0.39, 0.29) is 16.1 Å². The molecule has 5 nitrogen and oxygen atoms in total. The summed E-state index contributed by atoms with van der Waals surface area (Å²) in [5.74, 6) is -0.836. The molecule has 0 saturated heterocycles. The van der Waals surface area contributed by atoms with E-state index in [1.165, 1.54) is 24.5 Å². The van der Waals surface area contributed by atoms with Gasteiger partial charge < -0.3 is 4.98 Å². The van der Waals surface area contributed by atoms with Gasteiger partial charge in [-0.05, 0) is 24.3 Å². The highest BCUT2D eigenvalue weighted by Gasteiger charge is 2.23. The Hall–Kier alpha value is -2.82. The molecule has 1 heterocycles. The molecule has 0 saturated carbocycles. The minimum atomic E-state index is -4.07. The van der Waals surface area contributed by atoms with E-state index in [2.05, 4.69) is 9.71 Å². The fourth-order valence-electron chi connectivity index (χ4n) is 2.33. The summed E-state index contributed by atoms with van der Waals surface area (Å²) < 4.78 is 41.5. The Morgan fingerprint density at radius 1 is 1.12 bits per heavy atom. The molecule has 2 N–H and O–H groups in total. The molecule has 0 aliphatic rings. The maximum Gasteiger partial charge on any atom is 0.264 e. The van der Waals surface area contributed by atoms with Gasteiger partial charge in [0.15, 0.2) is 0 Å². The molecule has 0 unspecified atom stereocenters. The van der Waals surface area contributed by atoms with Gasteiger partial charge in [-0.1, -0.05) is 29.8 Å². The first kappa shape index (κ1) is 17.0. The van der Waals surface area contributed by atoms with Crippen molar-refractivity contribution in [2.45, 2.75) is 4.90 Å². The molecule has 3 rings (SSSR count). The molecular weight excluding hydrogens is 365 g/mol. The smallest absolute Gasteiger partial charge is 0.264 e. The van der Waals surface area contributed by atoms with Gasteiger partial charge in [0, 0.05) is 28.5 Å². The van der Waals surface area contributed by atoms with Crippen LogP contribution in [-0.2, 0) is 10.0 Å². The lowest BCUT2D eigenvalue weighted by Crippen LogP contribution is -2.14. The quantitative estimate of drug-likeness (QED) is 0.718. The van der Waals surface area contributed by atoms with Crippen molar-refractivity contribution < 1.29 is 12.8 Å². The van der Waals surface area contributed by atoms with E-state index in [9.17, 15) is 12.8 Å². The third-order valence-corrected chi connectivity index (χ3v) is 5.24. The van der Waals surface area contributed by atoms with Gasteiger partial charge in [-0.3, -0.25) is 4.72 Å². The van der Waals surface area contributed by atoms with Crippen LogP contribution >= 0.6 is 11.6 Å². The largest absolute Gasteiger partial charge is 0.366 e. The van der Waals surface area contributed by atoms with E-state index in [1.54, 1.807) is 30.3 Å². The summed E-state index contributed by atoms with van der Waals surface area (Å²) in [6.45, 7) is 0. The van der Waals surface area contributed by atoms with Crippen LogP contribution in [0.25, 0.3) is 11.1 Å². The first-order valence-corrected chi connectivity index (χ1v) is 8.92. The predicted octanol–water partition coefficient (Wildman–Crippen LogP) is 4.15. The fraction of sp³-hybridized carbons (Fsp3) is 0. The summed E-state index contributed by atoms with van der Waals surface area (Å²) in [7, 11) is -4.07. The maximum absolute atomic E-state index is 14.0. The van der Waals surface area contributed by atoms with Crippen LogP contribution in [0, 0.1) is 17.1 Å². The van der Waals surface area contributed by atoms with Crippen LogP contribution in [0.15, 0.2) is 59.8 Å². The Morgan fingerprint density at radius 2 is 1.88 bits per heavy atom. The number of aromatic amines is 1. The molecule has 0 amide bonds. The van der Waals surface area contributed by atoms with E-state index < -0.39 is 15.8 Å². The Balaban J connectivity index is 2.02. The molecule has 0 spiro atoms. The molecule has 126 valence electrons. The molecule has 25 heavy (non-hydrogen) atoms. The first-order valence-electron chi connectivity index (χ1n) is 7.06. The number of hydrogen-bond donors (Lipinski definition) is 2. The summed E-state index contributed by atoms with van der Waals surface area (Å²) in [5.41, 5.74) is 0.752. The molecule has 0 atom stereocenters. The van der Waals surface area contributed by atoms with E-state index >= 15 is 0 Å². The molecule has 0 aliphatic heterocycles. The lowest BCUT2D eigenvalue weighted by Gasteiger charge is -2.10. The summed E-state index contributed by atoms with van der Waals surface area (Å²) in [4.78, 5) is 2.67. The molecule has 0 aliphatic carbocycles. The number of aromatic nitrogens is 1. The molecule has 0 radical (unpaired) electrons. The summed E-state index contributed by atoms with van der Waals surface area (Å²) in [6.07, 6.45) is 2.80. The second-order valence-electron chi connectivity index (χ2n) is 5.13. The van der Waals surface area contributed by atoms with E-state index in [4.69, 9.17) is 16.9 Å². The fourth-order valence-corrected chi connectivity index (χ4v) is 3.81. The van der Waals surface area contributed by atoms with E-state index in [1.807, 2.05) is 0 Å². The highest BCUT2D eigenvalue weighted by molar-refractivity contribution is 7.92. The highest BCUT2D eigenvalue weighted by Crippen LogP contribution is 2.33. The van der Waals surface area contributed by atoms with Crippen molar-refractivity contribution in [2.75, 3.05) is 4.72 Å². The van der Waals surface area contributed by atoms with Crippen molar-refractivity contribution in [3.63, 3.8) is 0 Å². The number of benzene rings is 2. The zero-order chi connectivity index (χ0) is 18.0. The third kappa shape index (κ3) is 3.36. The van der Waals surface area contributed by atoms with E-state index in [0.717, 1.165) is 6.07 Å². The van der Waals surface area contributed by atoms with Crippen molar-refractivity contribution in [3.8, 4) is 17.2 Å². The standard InChI is InChI=1S/C17H11ClFN3O2S/c18-14-4-2-1-3-12(14)13-9-21-10-17(13)25(23,24)22-16-6-5-11(8-20)7-15(16)19/h1-7,9-10,21-22H. The van der Waals surface area contributed by atoms with Gasteiger partial charge >= 0.3 is 0 Å². The van der Waals surface area contributed by atoms with Crippen LogP contribution in [0.2, 0.25) is 5.02 Å². The Bertz CT molecular complexity index is 1090. The predicted molar refractivity (Wildman–Crippen MR) is 93.2 cm³/mol. The van der Waals surface area contributed by atoms with Crippen molar-refractivity contribution >= 4 is 27.3 Å². The van der Waals surface area contributed by atoms with Crippen LogP contribution in [-0.4, -0.2) is 13.4 Å². The Morgan fingerprint density at radius 3 is 2.56 bits per heavy atom. The molecule has 2 aromatic carbocycles. The number of anilines is 1. The Kier molecular flexibility index (Phi) is 4.49. The second kappa shape index (κ2) is 6.59. The van der Waals surface area contributed by atoms with Crippen molar-refractivity contribution in [3.05, 3.63) is 71.3 Å².